The molecule has 686 valence electrons. The van der Waals surface area contributed by atoms with Gasteiger partial charge in [0.1, 0.15) is 0 Å². The van der Waals surface area contributed by atoms with Gasteiger partial charge in [-0.3, -0.25) is 4.79 Å². The maximum atomic E-state index is 11.5. The minimum absolute atomic E-state index is 0.00343. The van der Waals surface area contributed by atoms with Gasteiger partial charge in [0.15, 0.2) is 24.8 Å². The van der Waals surface area contributed by atoms with Gasteiger partial charge in [-0.2, -0.15) is 31.6 Å². The Labute approximate surface area is 801 Å². The Morgan fingerprint density at radius 2 is 0.826 bits per heavy atom. The molecule has 0 atom stereocenters. The summed E-state index contributed by atoms with van der Waals surface area (Å²) in [6, 6.07) is 93.3. The number of carboxylic acid groups (broad SMARTS) is 3. The number of hydrogen-bond donors (Lipinski definition) is 7. The number of hydrogen-bond acceptors (Lipinski definition) is 21. The van der Waals surface area contributed by atoms with E-state index in [0.29, 0.717) is 46.2 Å². The number of nitrogens with zero attached hydrogens (tertiary/aromatic N) is 13. The first-order valence-electron chi connectivity index (χ1n) is 41.8. The Bertz CT molecular complexity index is 6440. The first-order valence-corrected chi connectivity index (χ1v) is 41.8. The van der Waals surface area contributed by atoms with Gasteiger partial charge in [0.05, 0.1) is 141 Å². The average Bonchev–Trinajstić information content (AvgIpc) is 1.62. The summed E-state index contributed by atoms with van der Waals surface area (Å²) in [6.07, 6.45) is 20.2. The van der Waals surface area contributed by atoms with Gasteiger partial charge in [-0.25, -0.2) is 39.9 Å². The van der Waals surface area contributed by atoms with Crippen molar-refractivity contribution in [2.24, 2.45) is 5.92 Å². The van der Waals surface area contributed by atoms with Crippen molar-refractivity contribution in [3.63, 3.8) is 0 Å². The molecule has 0 radical (unpaired) electrons. The second-order valence-corrected chi connectivity index (χ2v) is 28.4. The van der Waals surface area contributed by atoms with E-state index in [1.54, 1.807) is 69.4 Å². The van der Waals surface area contributed by atoms with Crippen molar-refractivity contribution in [3.8, 4) is 54.6 Å². The fourth-order valence-corrected chi connectivity index (χ4v) is 13.3. The van der Waals surface area contributed by atoms with Crippen LogP contribution in [0, 0.1) is 128 Å². The molecular weight excluding hydrogens is 1740 g/mol. The predicted octanol–water partition coefficient (Wildman–Crippen LogP) is 22.0. The van der Waals surface area contributed by atoms with Crippen molar-refractivity contribution >= 4 is 57.1 Å². The van der Waals surface area contributed by atoms with Crippen molar-refractivity contribution in [2.45, 2.75) is 70.7 Å². The third-order valence-electron chi connectivity index (χ3n) is 19.6. The number of aromatic carboxylic acids is 2. The molecule has 0 aromatic heterocycles. The minimum atomic E-state index is -1.62. The molecule has 2 aliphatic carbocycles. The quantitative estimate of drug-likeness (QED) is 0.00826. The molecular formula is C111H93N13O14. The number of methoxy groups -OCH3 is 4. The third kappa shape index (κ3) is 34.7. The summed E-state index contributed by atoms with van der Waals surface area (Å²) in [6.45, 7) is 22.7. The lowest BCUT2D eigenvalue weighted by Gasteiger charge is -2.28. The number of allylic oxidation sites excluding steroid dienone is 21. The Morgan fingerprint density at radius 1 is 0.442 bits per heavy atom. The van der Waals surface area contributed by atoms with Gasteiger partial charge in [0.2, 0.25) is 0 Å². The average molecular weight is 1830 g/mol. The van der Waals surface area contributed by atoms with Crippen LogP contribution in [0.2, 0.25) is 0 Å². The smallest absolute Gasteiger partial charge is 0.335 e. The van der Waals surface area contributed by atoms with Crippen LogP contribution in [0.5, 0.6) is 0 Å². The monoisotopic (exact) mass is 1830 g/mol. The number of aliphatic hydroxyl groups is 4. The molecule has 0 amide bonds. The van der Waals surface area contributed by atoms with Crippen LogP contribution >= 0.6 is 0 Å². The van der Waals surface area contributed by atoms with Gasteiger partial charge < -0.3 is 59.6 Å². The molecule has 0 heterocycles. The van der Waals surface area contributed by atoms with Crippen LogP contribution in [-0.2, 0) is 23.7 Å². The number of nitriles is 9. The molecule has 11 rings (SSSR count). The van der Waals surface area contributed by atoms with E-state index in [2.05, 4.69) is 97.0 Å². The number of aliphatic hydroxyl groups excluding tert-OH is 2. The lowest BCUT2D eigenvalue weighted by atomic mass is 9.89. The Kier molecular flexibility index (Phi) is 48.9. The third-order valence-corrected chi connectivity index (χ3v) is 19.6. The van der Waals surface area contributed by atoms with Crippen LogP contribution in [0.3, 0.4) is 0 Å². The van der Waals surface area contributed by atoms with Gasteiger partial charge in [0.25, 0.3) is 23.1 Å². The lowest BCUT2D eigenvalue weighted by molar-refractivity contribution is -0.134. The predicted molar refractivity (Wildman–Crippen MR) is 521 cm³/mol. The maximum Gasteiger partial charge on any atom is 0.335 e. The number of aliphatic carboxylic acids is 1. The summed E-state index contributed by atoms with van der Waals surface area (Å²) in [4.78, 5) is 43.6. The number of rotatable bonds is 27. The Hall–Kier alpha value is -18.9. The lowest BCUT2D eigenvalue weighted by Crippen LogP contribution is -2.17. The number of carboxylic acids is 3. The van der Waals surface area contributed by atoms with Gasteiger partial charge in [-0.15, -0.1) is 0 Å². The number of ether oxygens (including phenoxy) is 4. The molecule has 7 N–H and O–H groups in total. The zero-order valence-corrected chi connectivity index (χ0v) is 75.7. The summed E-state index contributed by atoms with van der Waals surface area (Å²) < 4.78 is 19.0. The van der Waals surface area contributed by atoms with E-state index in [1.165, 1.54) is 171 Å². The van der Waals surface area contributed by atoms with Crippen molar-refractivity contribution in [3.05, 3.63) is 468 Å². The van der Waals surface area contributed by atoms with Crippen molar-refractivity contribution in [1.82, 2.24) is 0 Å². The summed E-state index contributed by atoms with van der Waals surface area (Å²) >= 11 is 0. The molecule has 1 saturated carbocycles. The van der Waals surface area contributed by atoms with Crippen LogP contribution < -0.4 is 4.90 Å². The second-order valence-electron chi connectivity index (χ2n) is 28.4. The van der Waals surface area contributed by atoms with E-state index >= 15 is 0 Å². The van der Waals surface area contributed by atoms with Crippen LogP contribution in [0.15, 0.2) is 378 Å². The summed E-state index contributed by atoms with van der Waals surface area (Å²) in [5.41, 5.74) is 12.5. The second kappa shape index (κ2) is 61.6. The van der Waals surface area contributed by atoms with E-state index in [0.717, 1.165) is 35.1 Å². The summed E-state index contributed by atoms with van der Waals surface area (Å²) in [7, 11) is 6.15. The number of benzene rings is 9. The SMILES string of the molecule is CC(=O)O.CO/C=C/C(OC)OC.[C-]#[N+]/C(C#N)=C(/C(C#N)=C/C=C/C1=C(N(c2ccccc2)c2ccccc2)C(=C/C=C/C(C#N)=C(\c2ccc(C(=O)O)cc2)C(C#N)C#N)/CC1)c1ccc(C(=O)O)cc1.[C-]#[N+]/C(C#N)=C(/C(C#N)=C/C=C/OC)c1ccc(C(O)O)cc1.[C-]#[N+]/C(C#N)=C(/CC#N)c1ccc(C(O)O)cc1.c1ccc(C(=C2CCCC2)c2ccccc2)cc1.c1ccccc1. The fourth-order valence-electron chi connectivity index (χ4n) is 13.3. The molecule has 0 bridgehead atoms. The zero-order chi connectivity index (χ0) is 101. The van der Waals surface area contributed by atoms with E-state index in [-0.39, 0.29) is 79.9 Å². The maximum absolute atomic E-state index is 11.5. The van der Waals surface area contributed by atoms with Gasteiger partial charge in [0, 0.05) is 66.4 Å². The summed E-state index contributed by atoms with van der Waals surface area (Å²) in [5.74, 6) is -4.45. The fraction of sp³-hybridized carbons (Fsp3) is 0.144. The zero-order valence-electron chi connectivity index (χ0n) is 75.7. The van der Waals surface area contributed by atoms with Gasteiger partial charge >= 0.3 is 11.9 Å². The first-order chi connectivity index (χ1) is 66.9. The topological polar surface area (TPSA) is 460 Å². The molecule has 27 heteroatoms. The number of anilines is 2. The van der Waals surface area contributed by atoms with Crippen molar-refractivity contribution in [1.29, 1.82) is 47.4 Å². The highest BCUT2D eigenvalue weighted by molar-refractivity contribution is 5.93. The molecule has 0 aliphatic heterocycles. The van der Waals surface area contributed by atoms with E-state index in [4.69, 9.17) is 80.0 Å². The molecule has 0 saturated heterocycles. The van der Waals surface area contributed by atoms with Gasteiger partial charge in [-0.05, 0) is 167 Å². The van der Waals surface area contributed by atoms with Crippen molar-refractivity contribution < 1.29 is 69.1 Å². The van der Waals surface area contributed by atoms with Crippen LogP contribution in [0.1, 0.15) is 130 Å². The van der Waals surface area contributed by atoms with Crippen LogP contribution in [0.4, 0.5) is 11.4 Å². The van der Waals surface area contributed by atoms with Gasteiger partial charge in [-0.1, -0.05) is 236 Å². The highest BCUT2D eigenvalue weighted by atomic mass is 16.7. The van der Waals surface area contributed by atoms with E-state index in [9.17, 15) is 51.4 Å². The Balaban J connectivity index is 0.000000347. The van der Waals surface area contributed by atoms with Crippen LogP contribution in [0.25, 0.3) is 42.4 Å². The standard InChI is InChI=1S/C49H31N7O4.C18H18.C17H13N3O3.C13H9N3O2.C6H12O3.C6H6.C2H4O2/c1-55-44(32-54)46(34-20-26-38(27-21-34)49(59)60)40(29-51)13-9-11-36-23-22-35(47(36)56(42-14-4-2-5-15-42)43-16-6-3-7-17-43)10-8-12-39(28-50)45(41(30-52)31-53)33-18-24-37(25-19-33)48(57)58;1-3-9-15(10-4-1)18(17-13-7-8-14-17)16-11-5-2-6-12-16;1-20-15(11-19)16(14(10-18)4-3-9-23-2)12-5-7-13(8-6-12)17(21)22;1-16-12(8-15)11(6-7-14)9-2-4-10(5-3-9)13(17)18;1-7-5-4-6(8-2)9-3;1-2-4-6-5-3-1;1-2(3)4/h2-21,24-27,41H,22-23H2,(H,57,58)(H,59,60);1-6,9-12H,7-8,13-14H2;3-9,17,21-22H,2H3;2-5,13,17-18H,6H2;4-6H,1-3H3;1-6H;1H3,(H,3,4)/b11-9+,12-8+,35-10+,40-13+,45-39-,46-44+;;9-3+,14-4+,16-15+;12-11-;5-4+;;. The number of carbonyl (C=O) groups is 3. The van der Waals surface area contributed by atoms with E-state index in [1.807, 2.05) is 140 Å². The molecule has 0 spiro atoms. The molecule has 9 aromatic carbocycles. The normalized spacial score (nSPS) is 12.8. The Morgan fingerprint density at radius 3 is 1.19 bits per heavy atom. The minimum Gasteiger partial charge on any atom is -0.505 e. The molecule has 138 heavy (non-hydrogen) atoms. The molecule has 9 aromatic rings. The largest absolute Gasteiger partial charge is 0.505 e. The molecule has 2 aliphatic rings. The summed E-state index contributed by atoms with van der Waals surface area (Å²) in [5, 5.41) is 148. The molecule has 27 nitrogen and oxygen atoms in total. The van der Waals surface area contributed by atoms with E-state index < -0.39 is 36.4 Å². The highest BCUT2D eigenvalue weighted by Gasteiger charge is 2.28. The molecule has 0 unspecified atom stereocenters. The number of para-hydroxylation sites is 2. The highest BCUT2D eigenvalue weighted by Crippen LogP contribution is 2.43. The van der Waals surface area contributed by atoms with Crippen LogP contribution in [-0.4, -0.2) is 88.4 Å². The first kappa shape index (κ1) is 110. The molecule has 1 fully saturated rings. The van der Waals surface area contributed by atoms with Crippen molar-refractivity contribution in [2.75, 3.05) is 33.3 Å².